The lowest BCUT2D eigenvalue weighted by Gasteiger charge is -2.18. The summed E-state index contributed by atoms with van der Waals surface area (Å²) >= 11 is 0. The summed E-state index contributed by atoms with van der Waals surface area (Å²) < 4.78 is 10.6. The number of likely N-dealkylation sites (N-methyl/N-ethyl adjacent to an activating group) is 1. The standard InChI is InChI=1S/C13H22N2O2/c1-10(2)17-9-12(14-3)7-11-5-6-13(16-4)15-8-11/h5-6,8,10,12,14H,7,9H2,1-4H3. The van der Waals surface area contributed by atoms with Crippen LogP contribution >= 0.6 is 0 Å². The van der Waals surface area contributed by atoms with Crippen LogP contribution in [0.15, 0.2) is 18.3 Å². The molecule has 1 N–H and O–H groups in total. The number of ether oxygens (including phenoxy) is 2. The number of aromatic nitrogens is 1. The van der Waals surface area contributed by atoms with Gasteiger partial charge in [0.15, 0.2) is 0 Å². The molecule has 1 rings (SSSR count). The van der Waals surface area contributed by atoms with Crippen LogP contribution in [0.4, 0.5) is 0 Å². The summed E-state index contributed by atoms with van der Waals surface area (Å²) in [7, 11) is 3.57. The first-order valence-electron chi connectivity index (χ1n) is 5.93. The maximum atomic E-state index is 5.60. The van der Waals surface area contributed by atoms with E-state index in [2.05, 4.69) is 10.3 Å². The van der Waals surface area contributed by atoms with Crippen molar-refractivity contribution in [1.29, 1.82) is 0 Å². The smallest absolute Gasteiger partial charge is 0.212 e. The van der Waals surface area contributed by atoms with Gasteiger partial charge in [-0.3, -0.25) is 0 Å². The lowest BCUT2D eigenvalue weighted by atomic mass is 10.1. The van der Waals surface area contributed by atoms with Crippen molar-refractivity contribution >= 4 is 0 Å². The number of methoxy groups -OCH3 is 1. The molecule has 0 spiro atoms. The first-order chi connectivity index (χ1) is 8.15. The molecule has 0 bridgehead atoms. The quantitative estimate of drug-likeness (QED) is 0.784. The second kappa shape index (κ2) is 7.25. The molecule has 0 aliphatic carbocycles. The Morgan fingerprint density at radius 3 is 2.59 bits per heavy atom. The van der Waals surface area contributed by atoms with E-state index in [1.54, 1.807) is 7.11 Å². The van der Waals surface area contributed by atoms with Crippen LogP contribution in [-0.4, -0.2) is 37.9 Å². The van der Waals surface area contributed by atoms with Crippen molar-refractivity contribution in [3.05, 3.63) is 23.9 Å². The second-order valence-electron chi connectivity index (χ2n) is 4.28. The summed E-state index contributed by atoms with van der Waals surface area (Å²) in [6.45, 7) is 4.80. The average molecular weight is 238 g/mol. The van der Waals surface area contributed by atoms with E-state index in [4.69, 9.17) is 9.47 Å². The fraction of sp³-hybridized carbons (Fsp3) is 0.615. The Morgan fingerprint density at radius 1 is 1.35 bits per heavy atom. The van der Waals surface area contributed by atoms with Crippen molar-refractivity contribution in [2.24, 2.45) is 0 Å². The van der Waals surface area contributed by atoms with Gasteiger partial charge in [-0.25, -0.2) is 4.98 Å². The minimum Gasteiger partial charge on any atom is -0.481 e. The molecule has 0 saturated heterocycles. The summed E-state index contributed by atoms with van der Waals surface area (Å²) in [6.07, 6.45) is 3.01. The molecule has 17 heavy (non-hydrogen) atoms. The van der Waals surface area contributed by atoms with Crippen LogP contribution in [0.2, 0.25) is 0 Å². The number of pyridine rings is 1. The summed E-state index contributed by atoms with van der Waals surface area (Å²) in [5.41, 5.74) is 1.18. The average Bonchev–Trinajstić information content (AvgIpc) is 2.35. The summed E-state index contributed by atoms with van der Waals surface area (Å²) in [5, 5.41) is 3.25. The van der Waals surface area contributed by atoms with Gasteiger partial charge in [0.1, 0.15) is 0 Å². The van der Waals surface area contributed by atoms with Gasteiger partial charge in [-0.2, -0.15) is 0 Å². The fourth-order valence-corrected chi connectivity index (χ4v) is 1.49. The molecule has 0 saturated carbocycles. The molecule has 1 unspecified atom stereocenters. The Morgan fingerprint density at radius 2 is 2.12 bits per heavy atom. The zero-order chi connectivity index (χ0) is 12.7. The van der Waals surface area contributed by atoms with Crippen LogP contribution in [0.1, 0.15) is 19.4 Å². The van der Waals surface area contributed by atoms with Crippen molar-refractivity contribution in [2.45, 2.75) is 32.4 Å². The molecule has 0 amide bonds. The minimum atomic E-state index is 0.264. The predicted octanol–water partition coefficient (Wildman–Crippen LogP) is 1.65. The summed E-state index contributed by atoms with van der Waals surface area (Å²) in [5.74, 6) is 0.646. The molecule has 0 fully saturated rings. The van der Waals surface area contributed by atoms with Crippen molar-refractivity contribution in [3.8, 4) is 5.88 Å². The van der Waals surface area contributed by atoms with E-state index in [-0.39, 0.29) is 6.10 Å². The molecular formula is C13H22N2O2. The van der Waals surface area contributed by atoms with E-state index in [1.165, 1.54) is 5.56 Å². The van der Waals surface area contributed by atoms with Crippen LogP contribution in [0.25, 0.3) is 0 Å². The Kier molecular flexibility index (Phi) is 5.94. The van der Waals surface area contributed by atoms with Gasteiger partial charge >= 0.3 is 0 Å². The molecule has 4 heteroatoms. The van der Waals surface area contributed by atoms with Crippen molar-refractivity contribution < 1.29 is 9.47 Å². The van der Waals surface area contributed by atoms with Crippen molar-refractivity contribution in [2.75, 3.05) is 20.8 Å². The number of rotatable bonds is 7. The zero-order valence-electron chi connectivity index (χ0n) is 11.1. The zero-order valence-corrected chi connectivity index (χ0v) is 11.1. The Labute approximate surface area is 103 Å². The van der Waals surface area contributed by atoms with E-state index >= 15 is 0 Å². The fourth-order valence-electron chi connectivity index (χ4n) is 1.49. The lowest BCUT2D eigenvalue weighted by Crippen LogP contribution is -2.33. The molecule has 1 atom stereocenters. The van der Waals surface area contributed by atoms with Gasteiger partial charge in [0.25, 0.3) is 0 Å². The van der Waals surface area contributed by atoms with Crippen LogP contribution in [-0.2, 0) is 11.2 Å². The molecule has 0 aromatic carbocycles. The topological polar surface area (TPSA) is 43.4 Å². The molecule has 4 nitrogen and oxygen atoms in total. The number of hydrogen-bond acceptors (Lipinski definition) is 4. The monoisotopic (exact) mass is 238 g/mol. The molecule has 0 aliphatic heterocycles. The minimum absolute atomic E-state index is 0.264. The summed E-state index contributed by atoms with van der Waals surface area (Å²) in [6, 6.07) is 4.23. The van der Waals surface area contributed by atoms with Gasteiger partial charge in [0, 0.05) is 18.3 Å². The van der Waals surface area contributed by atoms with E-state index in [0.29, 0.717) is 18.5 Å². The molecule has 0 aliphatic rings. The summed E-state index contributed by atoms with van der Waals surface area (Å²) in [4.78, 5) is 4.19. The normalized spacial score (nSPS) is 12.8. The van der Waals surface area contributed by atoms with Gasteiger partial charge in [0.2, 0.25) is 5.88 Å². The maximum absolute atomic E-state index is 5.60. The van der Waals surface area contributed by atoms with Crippen LogP contribution in [0.3, 0.4) is 0 Å². The largest absolute Gasteiger partial charge is 0.481 e. The van der Waals surface area contributed by atoms with E-state index in [9.17, 15) is 0 Å². The Balaban J connectivity index is 2.48. The molecule has 1 heterocycles. The molecule has 1 aromatic rings. The highest BCUT2D eigenvalue weighted by Crippen LogP contribution is 2.09. The Hall–Kier alpha value is -1.13. The predicted molar refractivity (Wildman–Crippen MR) is 68.4 cm³/mol. The highest BCUT2D eigenvalue weighted by atomic mass is 16.5. The number of nitrogens with zero attached hydrogens (tertiary/aromatic N) is 1. The first-order valence-corrected chi connectivity index (χ1v) is 5.93. The molecular weight excluding hydrogens is 216 g/mol. The SMILES string of the molecule is CNC(COC(C)C)Cc1ccc(OC)nc1. The number of nitrogens with one attached hydrogen (secondary N) is 1. The van der Waals surface area contributed by atoms with E-state index < -0.39 is 0 Å². The molecule has 96 valence electrons. The third kappa shape index (κ3) is 5.15. The van der Waals surface area contributed by atoms with E-state index in [0.717, 1.165) is 6.42 Å². The van der Waals surface area contributed by atoms with Gasteiger partial charge in [0.05, 0.1) is 19.8 Å². The van der Waals surface area contributed by atoms with Gasteiger partial charge < -0.3 is 14.8 Å². The van der Waals surface area contributed by atoms with Crippen LogP contribution in [0, 0.1) is 0 Å². The molecule has 0 radical (unpaired) electrons. The second-order valence-corrected chi connectivity index (χ2v) is 4.28. The number of hydrogen-bond donors (Lipinski definition) is 1. The Bertz CT molecular complexity index is 312. The van der Waals surface area contributed by atoms with E-state index in [1.807, 2.05) is 39.2 Å². The highest BCUT2D eigenvalue weighted by molar-refractivity contribution is 5.18. The van der Waals surface area contributed by atoms with Gasteiger partial charge in [-0.1, -0.05) is 6.07 Å². The third-order valence-corrected chi connectivity index (χ3v) is 2.53. The van der Waals surface area contributed by atoms with Gasteiger partial charge in [-0.05, 0) is 32.9 Å². The third-order valence-electron chi connectivity index (χ3n) is 2.53. The lowest BCUT2D eigenvalue weighted by molar-refractivity contribution is 0.0627. The van der Waals surface area contributed by atoms with Crippen molar-refractivity contribution in [1.82, 2.24) is 10.3 Å². The van der Waals surface area contributed by atoms with Gasteiger partial charge in [-0.15, -0.1) is 0 Å². The first kappa shape index (κ1) is 13.9. The maximum Gasteiger partial charge on any atom is 0.212 e. The van der Waals surface area contributed by atoms with Crippen molar-refractivity contribution in [3.63, 3.8) is 0 Å². The van der Waals surface area contributed by atoms with Crippen LogP contribution < -0.4 is 10.1 Å². The van der Waals surface area contributed by atoms with Crippen LogP contribution in [0.5, 0.6) is 5.88 Å². The highest BCUT2D eigenvalue weighted by Gasteiger charge is 2.09. The molecule has 1 aromatic heterocycles.